The van der Waals surface area contributed by atoms with Gasteiger partial charge >= 0.3 is 0 Å². The number of rotatable bonds is 1. The molecule has 3 atom stereocenters. The molecule has 24 heavy (non-hydrogen) atoms. The number of hydrogen-bond acceptors (Lipinski definition) is 2. The van der Waals surface area contributed by atoms with Gasteiger partial charge in [-0.3, -0.25) is 4.98 Å². The Bertz CT molecular complexity index is 921. The number of hydrogen-bond donors (Lipinski definition) is 1. The van der Waals surface area contributed by atoms with Crippen LogP contribution in [0.5, 0.6) is 0 Å². The van der Waals surface area contributed by atoms with Crippen LogP contribution in [0.1, 0.15) is 34.3 Å². The van der Waals surface area contributed by atoms with Gasteiger partial charge in [-0.15, -0.1) is 0 Å². The van der Waals surface area contributed by atoms with Gasteiger partial charge in [0, 0.05) is 12.1 Å². The first-order valence-corrected chi connectivity index (χ1v) is 8.36. The lowest BCUT2D eigenvalue weighted by Gasteiger charge is -2.37. The first-order valence-electron chi connectivity index (χ1n) is 8.36. The molecule has 0 unspecified atom stereocenters. The summed E-state index contributed by atoms with van der Waals surface area (Å²) in [6, 6.07) is 19.7. The zero-order valence-corrected chi connectivity index (χ0v) is 13.1. The van der Waals surface area contributed by atoms with Crippen molar-refractivity contribution >= 4 is 5.69 Å². The van der Waals surface area contributed by atoms with Crippen molar-refractivity contribution in [2.24, 2.45) is 5.92 Å². The minimum atomic E-state index is -0.182. The Kier molecular flexibility index (Phi) is 2.96. The number of nitrogens with one attached hydrogen (secondary N) is 1. The van der Waals surface area contributed by atoms with Crippen molar-refractivity contribution in [3.8, 4) is 0 Å². The van der Waals surface area contributed by atoms with Gasteiger partial charge in [-0.2, -0.15) is 0 Å². The maximum Gasteiger partial charge on any atom is 0.123 e. The lowest BCUT2D eigenvalue weighted by molar-refractivity contribution is 0.413. The Morgan fingerprint density at radius 1 is 1.00 bits per heavy atom. The van der Waals surface area contributed by atoms with Gasteiger partial charge < -0.3 is 5.32 Å². The molecule has 0 amide bonds. The fraction of sp³-hybridized carbons (Fsp3) is 0.190. The normalized spacial score (nSPS) is 23.8. The van der Waals surface area contributed by atoms with Crippen molar-refractivity contribution in [1.29, 1.82) is 0 Å². The lowest BCUT2D eigenvalue weighted by atomic mass is 9.78. The molecule has 0 radical (unpaired) electrons. The Balaban J connectivity index is 1.69. The van der Waals surface area contributed by atoms with Crippen molar-refractivity contribution in [3.05, 3.63) is 95.1 Å². The molecule has 5 rings (SSSR count). The maximum absolute atomic E-state index is 13.8. The van der Waals surface area contributed by atoms with E-state index in [-0.39, 0.29) is 17.8 Å². The van der Waals surface area contributed by atoms with Gasteiger partial charge in [0.05, 0.1) is 17.4 Å². The van der Waals surface area contributed by atoms with E-state index in [0.29, 0.717) is 5.92 Å². The van der Waals surface area contributed by atoms with Gasteiger partial charge in [-0.05, 0) is 53.3 Å². The maximum atomic E-state index is 13.8. The van der Waals surface area contributed by atoms with Gasteiger partial charge in [0.2, 0.25) is 0 Å². The molecular formula is C21H17FN2. The summed E-state index contributed by atoms with van der Waals surface area (Å²) in [7, 11) is 0. The van der Waals surface area contributed by atoms with Gasteiger partial charge in [-0.25, -0.2) is 4.39 Å². The molecule has 0 saturated carbocycles. The van der Waals surface area contributed by atoms with E-state index in [1.807, 2.05) is 18.3 Å². The minimum Gasteiger partial charge on any atom is -0.376 e. The van der Waals surface area contributed by atoms with Gasteiger partial charge in [-0.1, -0.05) is 36.4 Å². The molecule has 2 heterocycles. The molecule has 2 aromatic carbocycles. The average molecular weight is 316 g/mol. The number of aromatic nitrogens is 1. The van der Waals surface area contributed by atoms with E-state index in [2.05, 4.69) is 40.6 Å². The highest BCUT2D eigenvalue weighted by molar-refractivity contribution is 5.60. The van der Waals surface area contributed by atoms with Crippen molar-refractivity contribution in [1.82, 2.24) is 4.98 Å². The summed E-state index contributed by atoms with van der Waals surface area (Å²) in [6.45, 7) is 0. The molecule has 2 nitrogen and oxygen atoms in total. The van der Waals surface area contributed by atoms with Crippen molar-refractivity contribution < 1.29 is 4.39 Å². The second kappa shape index (κ2) is 5.17. The summed E-state index contributed by atoms with van der Waals surface area (Å²) in [4.78, 5) is 4.67. The van der Waals surface area contributed by atoms with E-state index in [1.165, 1.54) is 17.2 Å². The molecule has 0 saturated heterocycles. The van der Waals surface area contributed by atoms with Gasteiger partial charge in [0.15, 0.2) is 0 Å². The average Bonchev–Trinajstić information content (AvgIpc) is 3.01. The highest BCUT2D eigenvalue weighted by Crippen LogP contribution is 2.52. The zero-order valence-electron chi connectivity index (χ0n) is 13.1. The van der Waals surface area contributed by atoms with Crippen LogP contribution in [0, 0.1) is 11.7 Å². The molecule has 0 fully saturated rings. The van der Waals surface area contributed by atoms with Crippen LogP contribution in [0.15, 0.2) is 66.9 Å². The molecule has 1 aliphatic carbocycles. The molecule has 2 aliphatic rings. The van der Waals surface area contributed by atoms with E-state index < -0.39 is 0 Å². The van der Waals surface area contributed by atoms with Crippen molar-refractivity contribution in [2.75, 3.05) is 5.32 Å². The quantitative estimate of drug-likeness (QED) is 0.704. The highest BCUT2D eigenvalue weighted by Gasteiger charge is 2.43. The van der Waals surface area contributed by atoms with Crippen LogP contribution in [-0.2, 0) is 6.42 Å². The number of fused-ring (bicyclic) bond motifs is 5. The number of anilines is 1. The number of nitrogens with zero attached hydrogens (tertiary/aromatic N) is 1. The zero-order chi connectivity index (χ0) is 16.1. The Hall–Kier alpha value is -2.68. The number of benzene rings is 2. The third-order valence-corrected chi connectivity index (χ3v) is 5.35. The van der Waals surface area contributed by atoms with Crippen LogP contribution >= 0.6 is 0 Å². The largest absolute Gasteiger partial charge is 0.376 e. The van der Waals surface area contributed by atoms with Gasteiger partial charge in [0.1, 0.15) is 5.82 Å². The van der Waals surface area contributed by atoms with E-state index >= 15 is 0 Å². The van der Waals surface area contributed by atoms with Crippen LogP contribution in [0.4, 0.5) is 10.1 Å². The fourth-order valence-corrected chi connectivity index (χ4v) is 4.38. The Labute approximate surface area is 140 Å². The molecule has 3 heteroatoms. The molecule has 3 aromatic rings. The second-order valence-electron chi connectivity index (χ2n) is 6.66. The summed E-state index contributed by atoms with van der Waals surface area (Å²) >= 11 is 0. The Morgan fingerprint density at radius 3 is 2.83 bits per heavy atom. The summed E-state index contributed by atoms with van der Waals surface area (Å²) in [6.07, 6.45) is 2.85. The van der Waals surface area contributed by atoms with E-state index in [0.717, 1.165) is 23.4 Å². The topological polar surface area (TPSA) is 24.9 Å². The summed E-state index contributed by atoms with van der Waals surface area (Å²) in [5.74, 6) is 0.442. The molecule has 1 N–H and O–H groups in total. The Morgan fingerprint density at radius 2 is 1.92 bits per heavy atom. The number of halogens is 1. The molecule has 118 valence electrons. The lowest BCUT2D eigenvalue weighted by Crippen LogP contribution is -2.31. The summed E-state index contributed by atoms with van der Waals surface area (Å²) < 4.78 is 13.8. The SMILES string of the molecule is Fc1cccc([C@H]2Nc3cccnc3[C@H]3c4ccccc4C[C@H]32)c1. The molecule has 1 aromatic heterocycles. The fourth-order valence-electron chi connectivity index (χ4n) is 4.38. The summed E-state index contributed by atoms with van der Waals surface area (Å²) in [5, 5.41) is 3.62. The van der Waals surface area contributed by atoms with E-state index in [9.17, 15) is 4.39 Å². The first-order chi connectivity index (χ1) is 11.8. The molecule has 1 aliphatic heterocycles. The minimum absolute atomic E-state index is 0.0924. The van der Waals surface area contributed by atoms with Gasteiger partial charge in [0.25, 0.3) is 0 Å². The standard InChI is InChI=1S/C21H17FN2/c22-15-7-3-6-14(11-15)20-17-12-13-5-1-2-8-16(13)19(17)21-18(24-20)9-4-10-23-21/h1-11,17,19-20,24H,12H2/t17-,19+,20-/m1/s1. The third kappa shape index (κ3) is 1.97. The first kappa shape index (κ1) is 13.7. The number of pyridine rings is 1. The van der Waals surface area contributed by atoms with Crippen LogP contribution in [0.2, 0.25) is 0 Å². The highest BCUT2D eigenvalue weighted by atomic mass is 19.1. The van der Waals surface area contributed by atoms with Crippen LogP contribution in [-0.4, -0.2) is 4.98 Å². The predicted octanol–water partition coefficient (Wildman–Crippen LogP) is 4.69. The van der Waals surface area contributed by atoms with Crippen molar-refractivity contribution in [3.63, 3.8) is 0 Å². The van der Waals surface area contributed by atoms with Crippen molar-refractivity contribution in [2.45, 2.75) is 18.4 Å². The smallest absolute Gasteiger partial charge is 0.123 e. The second-order valence-corrected chi connectivity index (χ2v) is 6.66. The van der Waals surface area contributed by atoms with Crippen LogP contribution in [0.3, 0.4) is 0 Å². The van der Waals surface area contributed by atoms with E-state index in [4.69, 9.17) is 0 Å². The monoisotopic (exact) mass is 316 g/mol. The molecular weight excluding hydrogens is 299 g/mol. The van der Waals surface area contributed by atoms with E-state index in [1.54, 1.807) is 12.1 Å². The van der Waals surface area contributed by atoms with Crippen LogP contribution in [0.25, 0.3) is 0 Å². The molecule has 0 bridgehead atoms. The van der Waals surface area contributed by atoms with Crippen LogP contribution < -0.4 is 5.32 Å². The summed E-state index contributed by atoms with van der Waals surface area (Å²) in [5.41, 5.74) is 5.93. The predicted molar refractivity (Wildman–Crippen MR) is 92.5 cm³/mol. The molecule has 0 spiro atoms. The third-order valence-electron chi connectivity index (χ3n) is 5.35.